The van der Waals surface area contributed by atoms with Crippen molar-refractivity contribution in [2.75, 3.05) is 5.32 Å². The lowest BCUT2D eigenvalue weighted by Gasteiger charge is -2.27. The van der Waals surface area contributed by atoms with E-state index in [9.17, 15) is 9.90 Å². The second kappa shape index (κ2) is 5.54. The van der Waals surface area contributed by atoms with Crippen LogP contribution in [0.15, 0.2) is 35.1 Å². The van der Waals surface area contributed by atoms with Crippen LogP contribution in [0.1, 0.15) is 25.7 Å². The fraction of sp³-hybridized carbons (Fsp3) is 0.400. The quantitative estimate of drug-likeness (QED) is 0.691. The Hall–Kier alpha value is -2.01. The maximum Gasteiger partial charge on any atom is 0.264 e. The first-order chi connectivity index (χ1) is 9.70. The lowest BCUT2D eigenvalue weighted by Crippen LogP contribution is -2.28. The molecule has 106 valence electrons. The fourth-order valence-electron chi connectivity index (χ4n) is 2.69. The van der Waals surface area contributed by atoms with E-state index in [2.05, 4.69) is 15.5 Å². The standard InChI is InChI=1S/C15H19N3O2/c19-13-7-5-12(6-8-13)16-11-3-1-10(2-4-11)14-9-15(20)18-17-14/h1-4,9,12-13,16,19H,5-8H2,(H2,17,18,20). The molecule has 1 heterocycles. The zero-order valence-electron chi connectivity index (χ0n) is 11.2. The molecule has 0 atom stereocenters. The Kier molecular flexibility index (Phi) is 3.60. The summed E-state index contributed by atoms with van der Waals surface area (Å²) in [5.74, 6) is 0. The summed E-state index contributed by atoms with van der Waals surface area (Å²) in [6.45, 7) is 0. The van der Waals surface area contributed by atoms with Crippen LogP contribution in [-0.4, -0.2) is 27.4 Å². The largest absolute Gasteiger partial charge is 0.393 e. The maximum absolute atomic E-state index is 11.1. The van der Waals surface area contributed by atoms with Gasteiger partial charge in [-0.15, -0.1) is 0 Å². The highest BCUT2D eigenvalue weighted by atomic mass is 16.3. The third-order valence-electron chi connectivity index (χ3n) is 3.86. The van der Waals surface area contributed by atoms with Crippen molar-refractivity contribution in [1.29, 1.82) is 0 Å². The molecule has 4 N–H and O–H groups in total. The van der Waals surface area contributed by atoms with Crippen LogP contribution < -0.4 is 10.9 Å². The van der Waals surface area contributed by atoms with Crippen LogP contribution in [0.5, 0.6) is 0 Å². The summed E-state index contributed by atoms with van der Waals surface area (Å²) in [7, 11) is 0. The number of anilines is 1. The normalized spacial score (nSPS) is 22.6. The highest BCUT2D eigenvalue weighted by Crippen LogP contribution is 2.23. The van der Waals surface area contributed by atoms with Gasteiger partial charge >= 0.3 is 0 Å². The molecule has 0 bridgehead atoms. The van der Waals surface area contributed by atoms with Crippen LogP contribution in [-0.2, 0) is 0 Å². The third-order valence-corrected chi connectivity index (χ3v) is 3.86. The predicted octanol–water partition coefficient (Wildman–Crippen LogP) is 2.09. The maximum atomic E-state index is 11.1. The molecule has 0 spiro atoms. The minimum Gasteiger partial charge on any atom is -0.393 e. The Bertz CT molecular complexity index is 607. The molecule has 0 amide bonds. The highest BCUT2D eigenvalue weighted by molar-refractivity contribution is 5.62. The van der Waals surface area contributed by atoms with Crippen molar-refractivity contribution in [1.82, 2.24) is 10.2 Å². The Morgan fingerprint density at radius 3 is 2.35 bits per heavy atom. The summed E-state index contributed by atoms with van der Waals surface area (Å²) in [4.78, 5) is 11.1. The highest BCUT2D eigenvalue weighted by Gasteiger charge is 2.18. The molecule has 0 radical (unpaired) electrons. The van der Waals surface area contributed by atoms with Gasteiger partial charge in [-0.25, -0.2) is 0 Å². The van der Waals surface area contributed by atoms with Gasteiger partial charge in [0.05, 0.1) is 11.8 Å². The van der Waals surface area contributed by atoms with Crippen molar-refractivity contribution in [3.05, 3.63) is 40.7 Å². The molecule has 1 saturated carbocycles. The van der Waals surface area contributed by atoms with Crippen molar-refractivity contribution in [2.45, 2.75) is 37.8 Å². The van der Waals surface area contributed by atoms with Gasteiger partial charge in [0.25, 0.3) is 5.56 Å². The Morgan fingerprint density at radius 2 is 1.75 bits per heavy atom. The SMILES string of the molecule is O=c1cc(-c2ccc(NC3CCC(O)CC3)cc2)[nH][nH]1. The fourth-order valence-corrected chi connectivity index (χ4v) is 2.69. The number of H-pyrrole nitrogens is 2. The zero-order valence-corrected chi connectivity index (χ0v) is 11.2. The number of aromatic nitrogens is 2. The smallest absolute Gasteiger partial charge is 0.264 e. The first-order valence-corrected chi connectivity index (χ1v) is 7.03. The van der Waals surface area contributed by atoms with Crippen molar-refractivity contribution in [3.63, 3.8) is 0 Å². The molecule has 2 aromatic rings. The summed E-state index contributed by atoms with van der Waals surface area (Å²) in [5.41, 5.74) is 2.73. The number of hydrogen-bond acceptors (Lipinski definition) is 3. The lowest BCUT2D eigenvalue weighted by atomic mass is 9.93. The van der Waals surface area contributed by atoms with Crippen molar-refractivity contribution < 1.29 is 5.11 Å². The van der Waals surface area contributed by atoms with E-state index < -0.39 is 0 Å². The molecule has 0 aliphatic heterocycles. The molecule has 0 unspecified atom stereocenters. The molecule has 1 aliphatic carbocycles. The minimum absolute atomic E-state index is 0.122. The second-order valence-electron chi connectivity index (χ2n) is 5.40. The monoisotopic (exact) mass is 273 g/mol. The molecule has 0 saturated heterocycles. The summed E-state index contributed by atoms with van der Waals surface area (Å²) < 4.78 is 0. The van der Waals surface area contributed by atoms with Crippen LogP contribution in [0.2, 0.25) is 0 Å². The van der Waals surface area contributed by atoms with Crippen LogP contribution in [0, 0.1) is 0 Å². The Balaban J connectivity index is 1.66. The number of nitrogens with one attached hydrogen (secondary N) is 3. The van der Waals surface area contributed by atoms with Gasteiger partial charge in [-0.1, -0.05) is 12.1 Å². The lowest BCUT2D eigenvalue weighted by molar-refractivity contribution is 0.126. The van der Waals surface area contributed by atoms with Crippen molar-refractivity contribution in [3.8, 4) is 11.3 Å². The van der Waals surface area contributed by atoms with Crippen LogP contribution >= 0.6 is 0 Å². The van der Waals surface area contributed by atoms with E-state index in [-0.39, 0.29) is 11.7 Å². The number of aliphatic hydroxyl groups excluding tert-OH is 1. The molecular formula is C15H19N3O2. The van der Waals surface area contributed by atoms with Crippen LogP contribution in [0.4, 0.5) is 5.69 Å². The summed E-state index contributed by atoms with van der Waals surface area (Å²) >= 11 is 0. The molecule has 5 heteroatoms. The van der Waals surface area contributed by atoms with Gasteiger partial charge in [-0.3, -0.25) is 15.0 Å². The van der Waals surface area contributed by atoms with E-state index >= 15 is 0 Å². The average molecular weight is 273 g/mol. The Labute approximate surface area is 117 Å². The van der Waals surface area contributed by atoms with Gasteiger partial charge in [0.1, 0.15) is 0 Å². The van der Waals surface area contributed by atoms with Crippen molar-refractivity contribution >= 4 is 5.69 Å². The van der Waals surface area contributed by atoms with E-state index in [1.165, 1.54) is 0 Å². The Morgan fingerprint density at radius 1 is 1.05 bits per heavy atom. The van der Waals surface area contributed by atoms with E-state index in [1.807, 2.05) is 24.3 Å². The predicted molar refractivity (Wildman–Crippen MR) is 78.7 cm³/mol. The molecule has 1 aromatic heterocycles. The number of aromatic amines is 2. The van der Waals surface area contributed by atoms with Gasteiger partial charge < -0.3 is 10.4 Å². The van der Waals surface area contributed by atoms with E-state index in [0.29, 0.717) is 6.04 Å². The van der Waals surface area contributed by atoms with Gasteiger partial charge in [-0.05, 0) is 43.4 Å². The number of aliphatic hydroxyl groups is 1. The molecule has 1 aromatic carbocycles. The summed E-state index contributed by atoms with van der Waals surface area (Å²) in [5, 5.41) is 18.4. The van der Waals surface area contributed by atoms with Crippen LogP contribution in [0.3, 0.4) is 0 Å². The van der Waals surface area contributed by atoms with Crippen molar-refractivity contribution in [2.24, 2.45) is 0 Å². The summed E-state index contributed by atoms with van der Waals surface area (Å²) in [6.07, 6.45) is 3.64. The topological polar surface area (TPSA) is 80.9 Å². The zero-order chi connectivity index (χ0) is 13.9. The average Bonchev–Trinajstić information content (AvgIpc) is 2.89. The number of rotatable bonds is 3. The van der Waals surface area contributed by atoms with Crippen LogP contribution in [0.25, 0.3) is 11.3 Å². The third kappa shape index (κ3) is 2.93. The van der Waals surface area contributed by atoms with E-state index in [4.69, 9.17) is 0 Å². The molecule has 3 rings (SSSR count). The van der Waals surface area contributed by atoms with E-state index in [0.717, 1.165) is 42.6 Å². The minimum atomic E-state index is -0.124. The second-order valence-corrected chi connectivity index (χ2v) is 5.40. The van der Waals surface area contributed by atoms with E-state index in [1.54, 1.807) is 6.07 Å². The first-order valence-electron chi connectivity index (χ1n) is 7.03. The molecular weight excluding hydrogens is 254 g/mol. The van der Waals surface area contributed by atoms with Gasteiger partial charge in [-0.2, -0.15) is 0 Å². The molecule has 1 aliphatic rings. The van der Waals surface area contributed by atoms with Gasteiger partial charge in [0.2, 0.25) is 0 Å². The molecule has 5 nitrogen and oxygen atoms in total. The molecule has 1 fully saturated rings. The first kappa shape index (κ1) is 13.0. The number of hydrogen-bond donors (Lipinski definition) is 4. The molecule has 20 heavy (non-hydrogen) atoms. The van der Waals surface area contributed by atoms with Gasteiger partial charge in [0.15, 0.2) is 0 Å². The summed E-state index contributed by atoms with van der Waals surface area (Å²) in [6, 6.07) is 10.00. The number of benzene rings is 1. The van der Waals surface area contributed by atoms with Gasteiger partial charge in [0, 0.05) is 17.8 Å².